The maximum atomic E-state index is 11.6. The average molecular weight is 362 g/mol. The Bertz CT molecular complexity index is 901. The van der Waals surface area contributed by atoms with Crippen LogP contribution in [-0.4, -0.2) is 58.1 Å². The lowest BCUT2D eigenvalue weighted by atomic mass is 10.0. The first-order valence-electron chi connectivity index (χ1n) is 7.77. The molecule has 0 amide bonds. The number of hydrogen-bond donors (Lipinski definition) is 1. The highest BCUT2D eigenvalue weighted by molar-refractivity contribution is 7.88. The molecule has 8 nitrogen and oxygen atoms in total. The summed E-state index contributed by atoms with van der Waals surface area (Å²) in [6.07, 6.45) is 8.67. The summed E-state index contributed by atoms with van der Waals surface area (Å²) >= 11 is 0. The van der Waals surface area contributed by atoms with Gasteiger partial charge in [0.1, 0.15) is 0 Å². The summed E-state index contributed by atoms with van der Waals surface area (Å²) in [6, 6.07) is 1.50. The lowest BCUT2D eigenvalue weighted by molar-refractivity contribution is 0.0696. The Morgan fingerprint density at radius 3 is 2.72 bits per heavy atom. The zero-order chi connectivity index (χ0) is 18.0. The van der Waals surface area contributed by atoms with Crippen molar-refractivity contribution in [2.75, 3.05) is 19.3 Å². The molecule has 2 aromatic heterocycles. The number of carbonyl (C=O) groups is 1. The molecule has 0 spiro atoms. The molecule has 25 heavy (non-hydrogen) atoms. The fourth-order valence-electron chi connectivity index (χ4n) is 2.90. The van der Waals surface area contributed by atoms with Crippen LogP contribution in [0.5, 0.6) is 0 Å². The third-order valence-electron chi connectivity index (χ3n) is 4.18. The highest BCUT2D eigenvalue weighted by Gasteiger charge is 2.28. The van der Waals surface area contributed by atoms with E-state index in [9.17, 15) is 13.2 Å². The number of sulfonamides is 1. The summed E-state index contributed by atoms with van der Waals surface area (Å²) < 4.78 is 24.7. The summed E-state index contributed by atoms with van der Waals surface area (Å²) in [5.74, 6) is -0.854. The molecule has 1 N–H and O–H groups in total. The van der Waals surface area contributed by atoms with Crippen LogP contribution in [0.3, 0.4) is 0 Å². The molecule has 0 aromatic carbocycles. The molecule has 1 fully saturated rings. The van der Waals surface area contributed by atoms with Gasteiger partial charge >= 0.3 is 5.97 Å². The van der Waals surface area contributed by atoms with Crippen LogP contribution in [-0.2, 0) is 16.4 Å². The number of carboxylic acid groups (broad SMARTS) is 1. The van der Waals surface area contributed by atoms with Crippen LogP contribution >= 0.6 is 0 Å². The first kappa shape index (κ1) is 17.4. The van der Waals surface area contributed by atoms with Crippen molar-refractivity contribution in [3.8, 4) is 11.3 Å². The zero-order valence-electron chi connectivity index (χ0n) is 13.7. The highest BCUT2D eigenvalue weighted by atomic mass is 32.2. The van der Waals surface area contributed by atoms with Gasteiger partial charge in [-0.25, -0.2) is 22.5 Å². The first-order chi connectivity index (χ1) is 11.8. The monoisotopic (exact) mass is 362 g/mol. The molecule has 3 heterocycles. The van der Waals surface area contributed by atoms with Crippen LogP contribution < -0.4 is 0 Å². The predicted molar refractivity (Wildman–Crippen MR) is 90.5 cm³/mol. The number of carboxylic acids is 1. The Morgan fingerprint density at radius 1 is 1.28 bits per heavy atom. The van der Waals surface area contributed by atoms with Gasteiger partial charge in [0.05, 0.1) is 29.4 Å². The number of rotatable bonds is 5. The second kappa shape index (κ2) is 6.85. The first-order valence-corrected chi connectivity index (χ1v) is 9.62. The Hall–Kier alpha value is -2.39. The van der Waals surface area contributed by atoms with Crippen LogP contribution in [0.2, 0.25) is 0 Å². The number of pyridine rings is 1. The van der Waals surface area contributed by atoms with Crippen LogP contribution in [0, 0.1) is 5.92 Å². The fourth-order valence-corrected chi connectivity index (χ4v) is 3.82. The molecule has 132 valence electrons. The van der Waals surface area contributed by atoms with Gasteiger partial charge in [-0.15, -0.1) is 0 Å². The highest BCUT2D eigenvalue weighted by Crippen LogP contribution is 2.23. The fraction of sp³-hybridized carbons (Fsp3) is 0.375. The van der Waals surface area contributed by atoms with Gasteiger partial charge in [0.15, 0.2) is 0 Å². The predicted octanol–water partition coefficient (Wildman–Crippen LogP) is 1.06. The van der Waals surface area contributed by atoms with E-state index in [1.54, 1.807) is 18.6 Å². The molecule has 9 heteroatoms. The van der Waals surface area contributed by atoms with Crippen molar-refractivity contribution in [3.63, 3.8) is 0 Å². The van der Waals surface area contributed by atoms with E-state index in [1.807, 2.05) is 0 Å². The molecule has 0 aliphatic carbocycles. The molecule has 1 aliphatic rings. The summed E-state index contributed by atoms with van der Waals surface area (Å²) in [5, 5.41) is 9.06. The largest absolute Gasteiger partial charge is 0.478 e. The number of hydrogen-bond acceptors (Lipinski definition) is 6. The van der Waals surface area contributed by atoms with E-state index in [4.69, 9.17) is 5.11 Å². The molecule has 1 atom stereocenters. The van der Waals surface area contributed by atoms with E-state index >= 15 is 0 Å². The van der Waals surface area contributed by atoms with Gasteiger partial charge in [0.25, 0.3) is 0 Å². The van der Waals surface area contributed by atoms with E-state index in [0.29, 0.717) is 30.8 Å². The molecule has 0 unspecified atom stereocenters. The van der Waals surface area contributed by atoms with Crippen molar-refractivity contribution in [1.29, 1.82) is 0 Å². The Balaban J connectivity index is 1.77. The average Bonchev–Trinajstić information content (AvgIpc) is 3.04. The molecule has 1 saturated heterocycles. The van der Waals surface area contributed by atoms with E-state index in [1.165, 1.54) is 22.8 Å². The lowest BCUT2D eigenvalue weighted by Crippen LogP contribution is -2.27. The zero-order valence-corrected chi connectivity index (χ0v) is 14.5. The minimum absolute atomic E-state index is 0.0873. The van der Waals surface area contributed by atoms with E-state index in [2.05, 4.69) is 15.0 Å². The third kappa shape index (κ3) is 4.18. The summed E-state index contributed by atoms with van der Waals surface area (Å²) in [4.78, 5) is 23.7. The molecule has 0 saturated carbocycles. The van der Waals surface area contributed by atoms with E-state index in [-0.39, 0.29) is 11.5 Å². The van der Waals surface area contributed by atoms with Crippen molar-refractivity contribution in [1.82, 2.24) is 19.3 Å². The number of aromatic carboxylic acids is 1. The van der Waals surface area contributed by atoms with Crippen molar-refractivity contribution < 1.29 is 18.3 Å². The van der Waals surface area contributed by atoms with Gasteiger partial charge in [0.2, 0.25) is 10.0 Å². The molecular formula is C16H18N4O4S. The molecule has 0 bridgehead atoms. The van der Waals surface area contributed by atoms with Crippen molar-refractivity contribution >= 4 is 16.0 Å². The van der Waals surface area contributed by atoms with Crippen LogP contribution in [0.4, 0.5) is 0 Å². The van der Waals surface area contributed by atoms with Crippen molar-refractivity contribution in [3.05, 3.63) is 42.1 Å². The summed E-state index contributed by atoms with van der Waals surface area (Å²) in [6.45, 7) is 1.02. The molecule has 0 radical (unpaired) electrons. The van der Waals surface area contributed by atoms with Gasteiger partial charge in [0, 0.05) is 37.2 Å². The molecular weight excluding hydrogens is 344 g/mol. The van der Waals surface area contributed by atoms with Crippen LogP contribution in [0.25, 0.3) is 11.3 Å². The Morgan fingerprint density at radius 2 is 2.04 bits per heavy atom. The SMILES string of the molecule is CS(=O)(=O)N1CC[C@@H](Cc2cncc(-c3cncc(C(=O)O)c3)n2)C1. The van der Waals surface area contributed by atoms with Crippen LogP contribution in [0.15, 0.2) is 30.9 Å². The van der Waals surface area contributed by atoms with Gasteiger partial charge in [-0.2, -0.15) is 0 Å². The number of aromatic nitrogens is 3. The number of nitrogens with zero attached hydrogens (tertiary/aromatic N) is 4. The Kier molecular flexibility index (Phi) is 4.78. The minimum atomic E-state index is -3.16. The van der Waals surface area contributed by atoms with E-state index in [0.717, 1.165) is 12.1 Å². The maximum absolute atomic E-state index is 11.6. The summed E-state index contributed by atoms with van der Waals surface area (Å²) in [5.41, 5.74) is 1.97. The second-order valence-corrected chi connectivity index (χ2v) is 8.13. The second-order valence-electron chi connectivity index (χ2n) is 6.14. The van der Waals surface area contributed by atoms with Gasteiger partial charge < -0.3 is 5.11 Å². The third-order valence-corrected chi connectivity index (χ3v) is 5.45. The quantitative estimate of drug-likeness (QED) is 0.846. The Labute approximate surface area is 145 Å². The molecule has 1 aliphatic heterocycles. The summed E-state index contributed by atoms with van der Waals surface area (Å²) in [7, 11) is -3.16. The molecule has 2 aromatic rings. The smallest absolute Gasteiger partial charge is 0.337 e. The maximum Gasteiger partial charge on any atom is 0.337 e. The van der Waals surface area contributed by atoms with Gasteiger partial charge in [-0.1, -0.05) is 0 Å². The van der Waals surface area contributed by atoms with Gasteiger partial charge in [-0.05, 0) is 24.8 Å². The topological polar surface area (TPSA) is 113 Å². The van der Waals surface area contributed by atoms with Crippen molar-refractivity contribution in [2.24, 2.45) is 5.92 Å². The lowest BCUT2D eigenvalue weighted by Gasteiger charge is -2.13. The normalized spacial score (nSPS) is 18.4. The van der Waals surface area contributed by atoms with E-state index < -0.39 is 16.0 Å². The van der Waals surface area contributed by atoms with Crippen molar-refractivity contribution in [2.45, 2.75) is 12.8 Å². The molecule has 3 rings (SSSR count). The van der Waals surface area contributed by atoms with Gasteiger partial charge in [-0.3, -0.25) is 9.97 Å². The minimum Gasteiger partial charge on any atom is -0.478 e. The standard InChI is InChI=1S/C16H18N4O4S/c1-25(23,24)20-3-2-11(10-20)4-14-8-18-9-15(19-14)12-5-13(16(21)22)7-17-6-12/h5-9,11H,2-4,10H2,1H3,(H,21,22)/t11-/m0/s1. The van der Waals surface area contributed by atoms with Crippen LogP contribution in [0.1, 0.15) is 22.5 Å².